The fraction of sp³-hybridized carbons (Fsp3) is 0.200. The molecule has 1 unspecified atom stereocenters. The third-order valence-electron chi connectivity index (χ3n) is 5.44. The van der Waals surface area contributed by atoms with E-state index in [2.05, 4.69) is 17.4 Å². The maximum atomic E-state index is 13.1. The second-order valence-corrected chi connectivity index (χ2v) is 8.64. The van der Waals surface area contributed by atoms with Gasteiger partial charge in [-0.25, -0.2) is 4.98 Å². The highest BCUT2D eigenvalue weighted by molar-refractivity contribution is 7.99. The predicted octanol–water partition coefficient (Wildman–Crippen LogP) is 4.97. The fourth-order valence-corrected chi connectivity index (χ4v) is 5.08. The molecule has 3 aromatic carbocycles. The zero-order valence-electron chi connectivity index (χ0n) is 17.0. The Morgan fingerprint density at radius 3 is 2.71 bits per heavy atom. The summed E-state index contributed by atoms with van der Waals surface area (Å²) in [7, 11) is 0. The van der Waals surface area contributed by atoms with Crippen molar-refractivity contribution in [3.63, 3.8) is 0 Å². The van der Waals surface area contributed by atoms with Crippen LogP contribution in [0.1, 0.15) is 23.9 Å². The molecule has 0 radical (unpaired) electrons. The number of nitrogens with one attached hydrogen (secondary N) is 1. The van der Waals surface area contributed by atoms with Gasteiger partial charge in [0.05, 0.1) is 17.1 Å². The van der Waals surface area contributed by atoms with Crippen LogP contribution in [0.5, 0.6) is 5.75 Å². The number of imidazole rings is 1. The van der Waals surface area contributed by atoms with Gasteiger partial charge in [0.1, 0.15) is 24.7 Å². The summed E-state index contributed by atoms with van der Waals surface area (Å²) in [5, 5.41) is 3.24. The van der Waals surface area contributed by atoms with Crippen LogP contribution in [0.25, 0.3) is 11.0 Å². The summed E-state index contributed by atoms with van der Waals surface area (Å²) in [6.07, 6.45) is 0.933. The number of rotatable bonds is 6. The van der Waals surface area contributed by atoms with Gasteiger partial charge in [0, 0.05) is 10.6 Å². The molecule has 4 aromatic rings. The molecule has 0 fully saturated rings. The number of aromatic nitrogens is 2. The van der Waals surface area contributed by atoms with Gasteiger partial charge in [-0.3, -0.25) is 4.79 Å². The van der Waals surface area contributed by atoms with Gasteiger partial charge in [-0.15, -0.1) is 11.8 Å². The standard InChI is InChI=1S/C25H23N3O2S/c29-25(27-20-14-15-31-23-13-7-4-10-19(20)23)16-28-22-12-6-5-11-21(22)26-24(28)17-30-18-8-2-1-3-9-18/h1-13,20H,14-17H2,(H,27,29). The number of ether oxygens (including phenoxy) is 1. The lowest BCUT2D eigenvalue weighted by atomic mass is 10.0. The van der Waals surface area contributed by atoms with Gasteiger partial charge in [-0.05, 0) is 42.3 Å². The van der Waals surface area contributed by atoms with E-state index >= 15 is 0 Å². The van der Waals surface area contributed by atoms with Gasteiger partial charge >= 0.3 is 0 Å². The van der Waals surface area contributed by atoms with E-state index in [1.807, 2.05) is 83.1 Å². The highest BCUT2D eigenvalue weighted by Crippen LogP contribution is 2.35. The van der Waals surface area contributed by atoms with Crippen LogP contribution in [0.4, 0.5) is 0 Å². The quantitative estimate of drug-likeness (QED) is 0.470. The van der Waals surface area contributed by atoms with Crippen molar-refractivity contribution in [2.75, 3.05) is 5.75 Å². The Morgan fingerprint density at radius 1 is 1.03 bits per heavy atom. The number of carbonyl (C=O) groups is 1. The number of nitrogens with zero attached hydrogens (tertiary/aromatic N) is 2. The summed E-state index contributed by atoms with van der Waals surface area (Å²) in [5.41, 5.74) is 3.00. The van der Waals surface area contributed by atoms with Crippen LogP contribution >= 0.6 is 11.8 Å². The number of hydrogen-bond acceptors (Lipinski definition) is 4. The van der Waals surface area contributed by atoms with Gasteiger partial charge in [0.15, 0.2) is 0 Å². The zero-order chi connectivity index (χ0) is 21.0. The van der Waals surface area contributed by atoms with Gasteiger partial charge in [-0.1, -0.05) is 48.5 Å². The van der Waals surface area contributed by atoms with Crippen LogP contribution in [0.3, 0.4) is 0 Å². The van der Waals surface area contributed by atoms with Crippen molar-refractivity contribution in [2.24, 2.45) is 0 Å². The number of thioether (sulfide) groups is 1. The van der Waals surface area contributed by atoms with Crippen molar-refractivity contribution in [3.05, 3.63) is 90.3 Å². The molecule has 0 bridgehead atoms. The second-order valence-electron chi connectivity index (χ2n) is 7.50. The maximum absolute atomic E-state index is 13.1. The second kappa shape index (κ2) is 8.86. The van der Waals surface area contributed by atoms with Crippen molar-refractivity contribution in [2.45, 2.75) is 30.5 Å². The first-order chi connectivity index (χ1) is 15.3. The smallest absolute Gasteiger partial charge is 0.240 e. The highest BCUT2D eigenvalue weighted by Gasteiger charge is 2.23. The van der Waals surface area contributed by atoms with E-state index in [0.29, 0.717) is 6.61 Å². The first-order valence-electron chi connectivity index (χ1n) is 10.4. The van der Waals surface area contributed by atoms with Gasteiger partial charge < -0.3 is 14.6 Å². The number of carbonyl (C=O) groups excluding carboxylic acids is 1. The van der Waals surface area contributed by atoms with Crippen molar-refractivity contribution < 1.29 is 9.53 Å². The first-order valence-corrected chi connectivity index (χ1v) is 11.4. The maximum Gasteiger partial charge on any atom is 0.240 e. The Bertz CT molecular complexity index is 1210. The van der Waals surface area contributed by atoms with E-state index in [9.17, 15) is 4.79 Å². The van der Waals surface area contributed by atoms with Crippen molar-refractivity contribution in [1.82, 2.24) is 14.9 Å². The predicted molar refractivity (Wildman–Crippen MR) is 123 cm³/mol. The molecule has 1 N–H and O–H groups in total. The van der Waals surface area contributed by atoms with Crippen LogP contribution < -0.4 is 10.1 Å². The van der Waals surface area contributed by atoms with Crippen LogP contribution in [0.15, 0.2) is 83.8 Å². The molecule has 1 aliphatic rings. The number of amides is 1. The van der Waals surface area contributed by atoms with Gasteiger partial charge in [-0.2, -0.15) is 0 Å². The molecule has 0 aliphatic carbocycles. The summed E-state index contributed by atoms with van der Waals surface area (Å²) >= 11 is 1.85. The van der Waals surface area contributed by atoms with E-state index in [1.165, 1.54) is 10.5 Å². The van der Waals surface area contributed by atoms with E-state index in [1.54, 1.807) is 0 Å². The number of para-hydroxylation sites is 3. The molecule has 1 aliphatic heterocycles. The average Bonchev–Trinajstić information content (AvgIpc) is 3.16. The van der Waals surface area contributed by atoms with E-state index in [0.717, 1.165) is 34.8 Å². The largest absolute Gasteiger partial charge is 0.486 e. The van der Waals surface area contributed by atoms with Crippen molar-refractivity contribution in [3.8, 4) is 5.75 Å². The minimum absolute atomic E-state index is 0.0178. The molecule has 0 saturated carbocycles. The number of fused-ring (bicyclic) bond motifs is 2. The minimum Gasteiger partial charge on any atom is -0.486 e. The Hall–Kier alpha value is -3.25. The average molecular weight is 430 g/mol. The monoisotopic (exact) mass is 429 g/mol. The fourth-order valence-electron chi connectivity index (χ4n) is 3.95. The molecule has 6 heteroatoms. The topological polar surface area (TPSA) is 56.2 Å². The normalized spacial score (nSPS) is 15.4. The molecule has 5 rings (SSSR count). The molecular weight excluding hydrogens is 406 g/mol. The number of benzene rings is 3. The highest BCUT2D eigenvalue weighted by atomic mass is 32.2. The third-order valence-corrected chi connectivity index (χ3v) is 6.56. The van der Waals surface area contributed by atoms with Crippen molar-refractivity contribution in [1.29, 1.82) is 0 Å². The third kappa shape index (κ3) is 4.30. The first kappa shape index (κ1) is 19.7. The molecule has 0 spiro atoms. The molecule has 2 heterocycles. The summed E-state index contributed by atoms with van der Waals surface area (Å²) in [6.45, 7) is 0.509. The summed E-state index contributed by atoms with van der Waals surface area (Å²) in [4.78, 5) is 19.0. The van der Waals surface area contributed by atoms with E-state index in [-0.39, 0.29) is 18.5 Å². The molecule has 31 heavy (non-hydrogen) atoms. The summed E-state index contributed by atoms with van der Waals surface area (Å²) < 4.78 is 7.88. The lowest BCUT2D eigenvalue weighted by molar-refractivity contribution is -0.122. The van der Waals surface area contributed by atoms with Gasteiger partial charge in [0.2, 0.25) is 5.91 Å². The molecule has 5 nitrogen and oxygen atoms in total. The SMILES string of the molecule is O=C(Cn1c(COc2ccccc2)nc2ccccc21)NC1CCSc2ccccc21. The summed E-state index contributed by atoms with van der Waals surface area (Å²) in [5.74, 6) is 2.50. The Labute approximate surface area is 185 Å². The molecule has 156 valence electrons. The molecule has 1 aromatic heterocycles. The van der Waals surface area contributed by atoms with Crippen LogP contribution in [0.2, 0.25) is 0 Å². The van der Waals surface area contributed by atoms with Gasteiger partial charge in [0.25, 0.3) is 0 Å². The van der Waals surface area contributed by atoms with E-state index in [4.69, 9.17) is 9.72 Å². The lowest BCUT2D eigenvalue weighted by Gasteiger charge is -2.26. The van der Waals surface area contributed by atoms with Crippen molar-refractivity contribution >= 4 is 28.7 Å². The minimum atomic E-state index is -0.0178. The Balaban J connectivity index is 1.36. The Morgan fingerprint density at radius 2 is 1.81 bits per heavy atom. The van der Waals surface area contributed by atoms with Crippen LogP contribution in [-0.4, -0.2) is 21.2 Å². The zero-order valence-corrected chi connectivity index (χ0v) is 17.8. The summed E-state index contributed by atoms with van der Waals surface area (Å²) in [6, 6.07) is 25.9. The van der Waals surface area contributed by atoms with E-state index < -0.39 is 0 Å². The van der Waals surface area contributed by atoms with Crippen LogP contribution in [-0.2, 0) is 17.9 Å². The lowest BCUT2D eigenvalue weighted by Crippen LogP contribution is -2.33. The molecule has 1 atom stereocenters. The molecule has 1 amide bonds. The Kier molecular flexibility index (Phi) is 5.63. The molecular formula is C25H23N3O2S. The van der Waals surface area contributed by atoms with Crippen LogP contribution in [0, 0.1) is 0 Å². The number of hydrogen-bond donors (Lipinski definition) is 1. The molecule has 0 saturated heterocycles.